The van der Waals surface area contributed by atoms with E-state index < -0.39 is 6.10 Å². The lowest BCUT2D eigenvalue weighted by molar-refractivity contribution is 0.155. The summed E-state index contributed by atoms with van der Waals surface area (Å²) in [7, 11) is 0. The van der Waals surface area contributed by atoms with E-state index in [0.717, 1.165) is 22.4 Å². The van der Waals surface area contributed by atoms with Crippen molar-refractivity contribution in [2.45, 2.75) is 26.1 Å². The fraction of sp³-hybridized carbons (Fsp3) is 0.160. The van der Waals surface area contributed by atoms with Gasteiger partial charge in [-0.05, 0) is 48.9 Å². The molecular weight excluding hydrogens is 471 g/mol. The minimum atomic E-state index is -0.856. The molecule has 3 aromatic carbocycles. The number of nitrogens with one attached hydrogen (secondary N) is 1. The Hall–Kier alpha value is -3.39. The second-order valence-electron chi connectivity index (χ2n) is 8.19. The maximum absolute atomic E-state index is 10.9. The van der Waals surface area contributed by atoms with Crippen LogP contribution in [0.3, 0.4) is 0 Å². The number of aliphatic hydroxyl groups excluding tert-OH is 1. The summed E-state index contributed by atoms with van der Waals surface area (Å²) < 4.78 is 5.37. The van der Waals surface area contributed by atoms with Crippen molar-refractivity contribution in [3.8, 4) is 5.69 Å². The summed E-state index contributed by atoms with van der Waals surface area (Å²) in [6.45, 7) is 2.61. The van der Waals surface area contributed by atoms with E-state index in [1.807, 2.05) is 66.2 Å². The zero-order chi connectivity index (χ0) is 23.8. The van der Waals surface area contributed by atoms with Gasteiger partial charge in [-0.25, -0.2) is 4.68 Å². The van der Waals surface area contributed by atoms with E-state index in [0.29, 0.717) is 22.2 Å². The number of benzene rings is 3. The largest absolute Gasteiger partial charge is 0.387 e. The highest BCUT2D eigenvalue weighted by atomic mass is 35.5. The molecule has 1 atom stereocenters. The van der Waals surface area contributed by atoms with Crippen molar-refractivity contribution in [3.05, 3.63) is 105 Å². The Labute approximate surface area is 205 Å². The van der Waals surface area contributed by atoms with Crippen LogP contribution in [0.25, 0.3) is 16.7 Å². The number of halogens is 2. The number of hydrogen-bond donors (Lipinski definition) is 2. The molecule has 0 amide bonds. The van der Waals surface area contributed by atoms with Gasteiger partial charge in [-0.3, -0.25) is 5.41 Å². The van der Waals surface area contributed by atoms with Gasteiger partial charge < -0.3 is 14.2 Å². The molecular formula is C25H22Cl2N6O. The molecule has 0 bridgehead atoms. The summed E-state index contributed by atoms with van der Waals surface area (Å²) in [5.74, 6) is 0. The SMILES string of the molecule is Cc1ccc(-n2cc(Cn3c(=N)n(CC(O)c4ccc(Cl)c(Cl)c4)c4ccccc43)nn2)cc1. The number of hydrogen-bond acceptors (Lipinski definition) is 4. The Bertz CT molecular complexity index is 1530. The summed E-state index contributed by atoms with van der Waals surface area (Å²) in [4.78, 5) is 0. The van der Waals surface area contributed by atoms with Crippen molar-refractivity contribution in [2.75, 3.05) is 0 Å². The third kappa shape index (κ3) is 4.25. The first-order valence-electron chi connectivity index (χ1n) is 10.7. The highest BCUT2D eigenvalue weighted by Crippen LogP contribution is 2.27. The number of aliphatic hydroxyl groups is 1. The predicted molar refractivity (Wildman–Crippen MR) is 132 cm³/mol. The third-order valence-corrected chi connectivity index (χ3v) is 6.56. The van der Waals surface area contributed by atoms with Crippen LogP contribution in [0.5, 0.6) is 0 Å². The number of imidazole rings is 1. The van der Waals surface area contributed by atoms with E-state index in [-0.39, 0.29) is 12.2 Å². The second-order valence-corrected chi connectivity index (χ2v) is 9.00. The lowest BCUT2D eigenvalue weighted by Gasteiger charge is -2.13. The Morgan fingerprint density at radius 3 is 2.35 bits per heavy atom. The average molecular weight is 493 g/mol. The molecule has 172 valence electrons. The summed E-state index contributed by atoms with van der Waals surface area (Å²) >= 11 is 12.1. The van der Waals surface area contributed by atoms with Gasteiger partial charge in [0.05, 0.1) is 52.2 Å². The zero-order valence-corrected chi connectivity index (χ0v) is 19.9. The zero-order valence-electron chi connectivity index (χ0n) is 18.4. The summed E-state index contributed by atoms with van der Waals surface area (Å²) in [6.07, 6.45) is 1.01. The van der Waals surface area contributed by atoms with Gasteiger partial charge in [-0.15, -0.1) is 5.10 Å². The van der Waals surface area contributed by atoms with E-state index >= 15 is 0 Å². The second kappa shape index (κ2) is 9.10. The molecule has 2 aromatic heterocycles. The molecule has 34 heavy (non-hydrogen) atoms. The summed E-state index contributed by atoms with van der Waals surface area (Å²) in [6, 6.07) is 20.8. The number of aromatic nitrogens is 5. The normalized spacial score (nSPS) is 12.4. The quantitative estimate of drug-likeness (QED) is 0.353. The first-order chi connectivity index (χ1) is 16.4. The van der Waals surface area contributed by atoms with Crippen LogP contribution in [-0.2, 0) is 13.1 Å². The van der Waals surface area contributed by atoms with Crippen LogP contribution < -0.4 is 5.62 Å². The number of fused-ring (bicyclic) bond motifs is 1. The Kier molecular flexibility index (Phi) is 6.00. The van der Waals surface area contributed by atoms with Crippen LogP contribution >= 0.6 is 23.2 Å². The third-order valence-electron chi connectivity index (χ3n) is 5.82. The van der Waals surface area contributed by atoms with Crippen LogP contribution in [0.4, 0.5) is 0 Å². The van der Waals surface area contributed by atoms with Crippen molar-refractivity contribution in [3.63, 3.8) is 0 Å². The minimum Gasteiger partial charge on any atom is -0.387 e. The average Bonchev–Trinajstić information content (AvgIpc) is 3.40. The molecule has 0 saturated carbocycles. The molecule has 9 heteroatoms. The Balaban J connectivity index is 1.47. The fourth-order valence-corrected chi connectivity index (χ4v) is 4.30. The first kappa shape index (κ1) is 22.4. The van der Waals surface area contributed by atoms with Crippen LogP contribution in [-0.4, -0.2) is 29.2 Å². The molecule has 5 aromatic rings. The highest BCUT2D eigenvalue weighted by Gasteiger charge is 2.17. The lowest BCUT2D eigenvalue weighted by Crippen LogP contribution is -2.27. The number of aryl methyl sites for hydroxylation is 1. The topological polar surface area (TPSA) is 84.7 Å². The lowest BCUT2D eigenvalue weighted by atomic mass is 10.1. The molecule has 2 heterocycles. The van der Waals surface area contributed by atoms with Crippen molar-refractivity contribution >= 4 is 34.2 Å². The first-order valence-corrected chi connectivity index (χ1v) is 11.5. The van der Waals surface area contributed by atoms with Crippen molar-refractivity contribution in [2.24, 2.45) is 0 Å². The van der Waals surface area contributed by atoms with E-state index in [1.165, 1.54) is 5.56 Å². The highest BCUT2D eigenvalue weighted by molar-refractivity contribution is 6.42. The molecule has 7 nitrogen and oxygen atoms in total. The van der Waals surface area contributed by atoms with Gasteiger partial charge in [0.2, 0.25) is 5.62 Å². The monoisotopic (exact) mass is 492 g/mol. The maximum atomic E-state index is 10.9. The molecule has 1 unspecified atom stereocenters. The number of nitrogens with zero attached hydrogens (tertiary/aromatic N) is 5. The Morgan fingerprint density at radius 2 is 1.65 bits per heavy atom. The van der Waals surface area contributed by atoms with Crippen LogP contribution in [0.2, 0.25) is 10.0 Å². The van der Waals surface area contributed by atoms with E-state index in [2.05, 4.69) is 10.3 Å². The van der Waals surface area contributed by atoms with E-state index in [9.17, 15) is 5.11 Å². The smallest absolute Gasteiger partial charge is 0.203 e. The molecule has 0 saturated heterocycles. The minimum absolute atomic E-state index is 0.195. The standard InChI is InChI=1S/C25H22Cl2N6O/c1-16-6-9-19(10-7-16)33-14-18(29-30-33)13-31-22-4-2-3-5-23(22)32(25(31)28)15-24(34)17-8-11-20(26)21(27)12-17/h2-12,14,24,28,34H,13,15H2,1H3. The molecule has 0 aliphatic rings. The van der Waals surface area contributed by atoms with Gasteiger partial charge in [0.25, 0.3) is 0 Å². The van der Waals surface area contributed by atoms with Crippen molar-refractivity contribution < 1.29 is 5.11 Å². The van der Waals surface area contributed by atoms with Crippen LogP contribution in [0.1, 0.15) is 22.9 Å². The van der Waals surface area contributed by atoms with Crippen LogP contribution in [0.15, 0.2) is 72.9 Å². The van der Waals surface area contributed by atoms with Gasteiger partial charge >= 0.3 is 0 Å². The van der Waals surface area contributed by atoms with Gasteiger partial charge in [0.15, 0.2) is 0 Å². The summed E-state index contributed by atoms with van der Waals surface area (Å²) in [5, 5.41) is 29.1. The van der Waals surface area contributed by atoms with Gasteiger partial charge in [-0.2, -0.15) is 0 Å². The van der Waals surface area contributed by atoms with E-state index in [1.54, 1.807) is 27.4 Å². The van der Waals surface area contributed by atoms with E-state index in [4.69, 9.17) is 28.6 Å². The van der Waals surface area contributed by atoms with Gasteiger partial charge in [0.1, 0.15) is 5.69 Å². The fourth-order valence-electron chi connectivity index (χ4n) is 3.99. The molecule has 0 aliphatic heterocycles. The predicted octanol–water partition coefficient (Wildman–Crippen LogP) is 4.90. The molecule has 0 fully saturated rings. The van der Waals surface area contributed by atoms with Gasteiger partial charge in [0, 0.05) is 0 Å². The molecule has 0 spiro atoms. The van der Waals surface area contributed by atoms with Crippen molar-refractivity contribution in [1.82, 2.24) is 24.1 Å². The van der Waals surface area contributed by atoms with Crippen molar-refractivity contribution in [1.29, 1.82) is 5.41 Å². The van der Waals surface area contributed by atoms with Gasteiger partial charge in [-0.1, -0.05) is 64.3 Å². The molecule has 2 N–H and O–H groups in total. The number of rotatable bonds is 6. The molecule has 0 aliphatic carbocycles. The molecule has 5 rings (SSSR count). The summed E-state index contributed by atoms with van der Waals surface area (Å²) in [5.41, 5.74) is 5.44. The number of para-hydroxylation sites is 2. The Morgan fingerprint density at radius 1 is 0.941 bits per heavy atom. The maximum Gasteiger partial charge on any atom is 0.203 e. The molecule has 0 radical (unpaired) electrons. The van der Waals surface area contributed by atoms with Crippen LogP contribution in [0, 0.1) is 12.3 Å².